The summed E-state index contributed by atoms with van der Waals surface area (Å²) >= 11 is 1.70. The Hall–Kier alpha value is 0.360. The van der Waals surface area contributed by atoms with Gasteiger partial charge in [0.2, 0.25) is 5.51 Å². The maximum atomic E-state index is 2.04. The second-order valence-corrected chi connectivity index (χ2v) is 1.95. The summed E-state index contributed by atoms with van der Waals surface area (Å²) in [6.07, 6.45) is 2.02. The zero-order chi connectivity index (χ0) is 4.41. The van der Waals surface area contributed by atoms with E-state index in [9.17, 15) is 0 Å². The number of hydrogen-bond acceptors (Lipinski definition) is 1. The Kier molecular flexibility index (Phi) is 3.55. The average Bonchev–Trinajstić information content (AvgIpc) is 1.86. The van der Waals surface area contributed by atoms with Gasteiger partial charge in [-0.05, 0) is 0 Å². The topological polar surface area (TPSA) is 3.88 Å². The normalized spacial score (nSPS) is 7.57. The van der Waals surface area contributed by atoms with Crippen LogP contribution in [0.1, 0.15) is 0 Å². The van der Waals surface area contributed by atoms with Gasteiger partial charge in [0.15, 0.2) is 6.20 Å². The molecule has 0 aromatic carbocycles. The molecule has 0 radical (unpaired) electrons. The van der Waals surface area contributed by atoms with E-state index < -0.39 is 0 Å². The summed E-state index contributed by atoms with van der Waals surface area (Å²) in [4.78, 5) is 0. The summed E-state index contributed by atoms with van der Waals surface area (Å²) in [5.74, 6) is 0. The SMILES string of the molecule is C[n+]1ccs[13cH]1.[I-]. The molecule has 1 nitrogen and oxygen atoms in total. The van der Waals surface area contributed by atoms with Gasteiger partial charge in [-0.2, -0.15) is 4.57 Å². The first-order valence-electron chi connectivity index (χ1n) is 1.77. The number of thiazole rings is 1. The lowest BCUT2D eigenvalue weighted by molar-refractivity contribution is -0.666. The Morgan fingerprint density at radius 3 is 2.43 bits per heavy atom. The van der Waals surface area contributed by atoms with Crippen LogP contribution in [0.15, 0.2) is 17.1 Å². The van der Waals surface area contributed by atoms with Crippen molar-refractivity contribution in [3.8, 4) is 0 Å². The highest BCUT2D eigenvalue weighted by Gasteiger charge is 1.81. The minimum atomic E-state index is 0. The molecule has 0 amide bonds. The third-order valence-electron chi connectivity index (χ3n) is 0.602. The van der Waals surface area contributed by atoms with E-state index in [1.54, 1.807) is 11.3 Å². The van der Waals surface area contributed by atoms with Crippen molar-refractivity contribution >= 4 is 11.3 Å². The molecular formula is C4H6INS. The summed E-state index contributed by atoms with van der Waals surface area (Å²) in [5, 5.41) is 2.04. The van der Waals surface area contributed by atoms with Crippen molar-refractivity contribution in [1.82, 2.24) is 0 Å². The lowest BCUT2D eigenvalue weighted by atomic mass is 11.0. The third kappa shape index (κ3) is 2.23. The number of halogens is 1. The highest BCUT2D eigenvalue weighted by atomic mass is 127. The van der Waals surface area contributed by atoms with E-state index in [0.29, 0.717) is 0 Å². The Balaban J connectivity index is 0.000000360. The van der Waals surface area contributed by atoms with Gasteiger partial charge in [0.25, 0.3) is 0 Å². The van der Waals surface area contributed by atoms with Gasteiger partial charge >= 0.3 is 0 Å². The molecule has 0 fully saturated rings. The van der Waals surface area contributed by atoms with Gasteiger partial charge in [-0.15, -0.1) is 0 Å². The highest BCUT2D eigenvalue weighted by Crippen LogP contribution is 1.83. The molecule has 0 saturated heterocycles. The molecule has 0 aliphatic rings. The standard InChI is InChI=1S/C4H6NS.HI/c1-5-2-3-6-4-5;/h2-4H,1H3;1H/q+1;/p-1/i4+1;. The van der Waals surface area contributed by atoms with Crippen molar-refractivity contribution in [3.63, 3.8) is 0 Å². The van der Waals surface area contributed by atoms with Gasteiger partial charge in [0, 0.05) is 0 Å². The molecule has 1 rings (SSSR count). The molecule has 0 unspecified atom stereocenters. The monoisotopic (exact) mass is 228 g/mol. The molecule has 0 N–H and O–H groups in total. The quantitative estimate of drug-likeness (QED) is 0.343. The Morgan fingerprint density at radius 2 is 2.29 bits per heavy atom. The fourth-order valence-corrected chi connectivity index (χ4v) is 0.892. The highest BCUT2D eigenvalue weighted by molar-refractivity contribution is 7.07. The van der Waals surface area contributed by atoms with E-state index in [1.165, 1.54) is 0 Å². The van der Waals surface area contributed by atoms with Crippen LogP contribution in [0, 0.1) is 0 Å². The Morgan fingerprint density at radius 1 is 1.57 bits per heavy atom. The maximum Gasteiger partial charge on any atom is 0.224 e. The number of aryl methyl sites for hydroxylation is 1. The molecule has 0 atom stereocenters. The van der Waals surface area contributed by atoms with Gasteiger partial charge in [0.05, 0.1) is 5.38 Å². The molecule has 0 aliphatic carbocycles. The molecule has 0 spiro atoms. The predicted octanol–water partition coefficient (Wildman–Crippen LogP) is -2.42. The van der Waals surface area contributed by atoms with Crippen LogP contribution in [0.5, 0.6) is 0 Å². The minimum absolute atomic E-state index is 0. The first-order valence-corrected chi connectivity index (χ1v) is 2.71. The molecule has 1 aromatic heterocycles. The van der Waals surface area contributed by atoms with E-state index in [2.05, 4.69) is 0 Å². The first-order chi connectivity index (χ1) is 2.89. The fourth-order valence-electron chi connectivity index (χ4n) is 0.297. The van der Waals surface area contributed by atoms with Crippen LogP contribution in [0.4, 0.5) is 0 Å². The second-order valence-electron chi connectivity index (χ2n) is 1.19. The van der Waals surface area contributed by atoms with Crippen LogP contribution in [0.3, 0.4) is 0 Å². The molecule has 7 heavy (non-hydrogen) atoms. The first kappa shape index (κ1) is 7.36. The molecule has 0 saturated carbocycles. The van der Waals surface area contributed by atoms with Crippen molar-refractivity contribution < 1.29 is 28.5 Å². The molecule has 3 heteroatoms. The van der Waals surface area contributed by atoms with Crippen LogP contribution < -0.4 is 28.5 Å². The van der Waals surface area contributed by atoms with Crippen molar-refractivity contribution in [3.05, 3.63) is 17.1 Å². The van der Waals surface area contributed by atoms with Crippen LogP contribution >= 0.6 is 11.3 Å². The van der Waals surface area contributed by atoms with Crippen molar-refractivity contribution in [1.29, 1.82) is 0 Å². The summed E-state index contributed by atoms with van der Waals surface area (Å²) in [6.45, 7) is 0. The largest absolute Gasteiger partial charge is 1.00 e. The molecule has 40 valence electrons. The average molecular weight is 228 g/mol. The van der Waals surface area contributed by atoms with Crippen LogP contribution in [-0.4, -0.2) is 0 Å². The smallest absolute Gasteiger partial charge is 0.224 e. The van der Waals surface area contributed by atoms with Crippen LogP contribution in [-0.2, 0) is 7.05 Å². The summed E-state index contributed by atoms with van der Waals surface area (Å²) < 4.78 is 2.02. The predicted molar refractivity (Wildman–Crippen MR) is 25.5 cm³/mol. The van der Waals surface area contributed by atoms with Crippen LogP contribution in [0.25, 0.3) is 0 Å². The summed E-state index contributed by atoms with van der Waals surface area (Å²) in [5.41, 5.74) is 2.04. The van der Waals surface area contributed by atoms with Crippen LogP contribution in [0.2, 0.25) is 0 Å². The number of nitrogens with zero attached hydrogens (tertiary/aromatic N) is 1. The molecule has 0 aliphatic heterocycles. The number of hydrogen-bond donors (Lipinski definition) is 0. The van der Waals surface area contributed by atoms with E-state index in [-0.39, 0.29) is 24.0 Å². The van der Waals surface area contributed by atoms with Crippen molar-refractivity contribution in [2.75, 3.05) is 0 Å². The molecule has 1 aromatic rings. The van der Waals surface area contributed by atoms with E-state index >= 15 is 0 Å². The Labute approximate surface area is 64.0 Å². The van der Waals surface area contributed by atoms with E-state index in [1.807, 2.05) is 28.7 Å². The number of aromatic nitrogens is 1. The minimum Gasteiger partial charge on any atom is -1.00 e. The van der Waals surface area contributed by atoms with E-state index in [4.69, 9.17) is 0 Å². The number of rotatable bonds is 0. The zero-order valence-corrected chi connectivity index (χ0v) is 6.94. The lowest BCUT2D eigenvalue weighted by Gasteiger charge is -1.62. The Bertz CT molecular complexity index is 115. The summed E-state index contributed by atoms with van der Waals surface area (Å²) in [7, 11) is 2.01. The third-order valence-corrected chi connectivity index (χ3v) is 1.33. The van der Waals surface area contributed by atoms with Gasteiger partial charge in [0.1, 0.15) is 7.05 Å². The maximum absolute atomic E-state index is 2.04. The lowest BCUT2D eigenvalue weighted by Crippen LogP contribution is -3.00. The van der Waals surface area contributed by atoms with Gasteiger partial charge < -0.3 is 24.0 Å². The van der Waals surface area contributed by atoms with Crippen molar-refractivity contribution in [2.45, 2.75) is 0 Å². The van der Waals surface area contributed by atoms with E-state index in [0.717, 1.165) is 0 Å². The zero-order valence-electron chi connectivity index (χ0n) is 3.97. The van der Waals surface area contributed by atoms with Gasteiger partial charge in [-0.25, -0.2) is 0 Å². The van der Waals surface area contributed by atoms with Crippen molar-refractivity contribution in [2.24, 2.45) is 7.05 Å². The molecular weight excluding hydrogens is 222 g/mol. The summed E-state index contributed by atoms with van der Waals surface area (Å²) in [6, 6.07) is 0. The second kappa shape index (κ2) is 3.37. The van der Waals surface area contributed by atoms with Gasteiger partial charge in [-0.1, -0.05) is 11.3 Å². The van der Waals surface area contributed by atoms with Gasteiger partial charge in [-0.3, -0.25) is 0 Å². The molecule has 1 heterocycles. The fraction of sp³-hybridized carbons (Fsp3) is 0.250. The molecule has 0 bridgehead atoms.